The van der Waals surface area contributed by atoms with Gasteiger partial charge in [0, 0.05) is 29.3 Å². The number of thioether (sulfide) groups is 1. The average molecular weight is 280 g/mol. The molecular weight excluding hydrogens is 260 g/mol. The molecule has 1 amide bonds. The monoisotopic (exact) mass is 280 g/mol. The maximum Gasteiger partial charge on any atom is 0.256 e. The van der Waals surface area contributed by atoms with Crippen LogP contribution in [0.15, 0.2) is 18.2 Å². The highest BCUT2D eigenvalue weighted by Gasteiger charge is 2.30. The minimum Gasteiger partial charge on any atom is -0.497 e. The minimum absolute atomic E-state index is 0.00947. The lowest BCUT2D eigenvalue weighted by Crippen LogP contribution is -2.46. The summed E-state index contributed by atoms with van der Waals surface area (Å²) in [6.07, 6.45) is 0. The summed E-state index contributed by atoms with van der Waals surface area (Å²) in [5.41, 5.74) is 6.94. The SMILES string of the molecule is COc1ccc(N)c(C(=O)N2CCSC(C)(C)C2)c1. The number of carbonyl (C=O) groups excluding carboxylic acids is 1. The van der Waals surface area contributed by atoms with Gasteiger partial charge in [-0.2, -0.15) is 11.8 Å². The first kappa shape index (κ1) is 14.1. The number of hydrogen-bond acceptors (Lipinski definition) is 4. The van der Waals surface area contributed by atoms with Gasteiger partial charge in [-0.3, -0.25) is 4.79 Å². The van der Waals surface area contributed by atoms with Crippen LogP contribution in [0.5, 0.6) is 5.75 Å². The van der Waals surface area contributed by atoms with Crippen LogP contribution in [-0.2, 0) is 0 Å². The van der Waals surface area contributed by atoms with Crippen molar-refractivity contribution in [2.45, 2.75) is 18.6 Å². The highest BCUT2D eigenvalue weighted by atomic mass is 32.2. The number of ether oxygens (including phenoxy) is 1. The third-order valence-corrected chi connectivity index (χ3v) is 4.50. The van der Waals surface area contributed by atoms with E-state index in [4.69, 9.17) is 10.5 Å². The second kappa shape index (κ2) is 5.33. The van der Waals surface area contributed by atoms with Gasteiger partial charge in [-0.25, -0.2) is 0 Å². The molecular formula is C14H20N2O2S. The molecule has 5 heteroatoms. The van der Waals surface area contributed by atoms with Crippen molar-refractivity contribution >= 4 is 23.4 Å². The van der Waals surface area contributed by atoms with Crippen LogP contribution in [0, 0.1) is 0 Å². The number of benzene rings is 1. The molecule has 0 aliphatic carbocycles. The van der Waals surface area contributed by atoms with E-state index in [1.54, 1.807) is 25.3 Å². The Morgan fingerprint density at radius 2 is 2.21 bits per heavy atom. The van der Waals surface area contributed by atoms with Crippen molar-refractivity contribution in [2.75, 3.05) is 31.7 Å². The molecule has 0 unspecified atom stereocenters. The van der Waals surface area contributed by atoms with Gasteiger partial charge in [0.1, 0.15) is 5.75 Å². The zero-order valence-corrected chi connectivity index (χ0v) is 12.4. The van der Waals surface area contributed by atoms with Crippen LogP contribution < -0.4 is 10.5 Å². The molecule has 1 aromatic carbocycles. The topological polar surface area (TPSA) is 55.6 Å². The molecule has 0 spiro atoms. The van der Waals surface area contributed by atoms with Gasteiger partial charge in [0.05, 0.1) is 12.7 Å². The summed E-state index contributed by atoms with van der Waals surface area (Å²) in [6.45, 7) is 5.83. The molecule has 0 saturated carbocycles. The molecule has 4 nitrogen and oxygen atoms in total. The Morgan fingerprint density at radius 3 is 2.84 bits per heavy atom. The molecule has 1 aliphatic heterocycles. The zero-order valence-electron chi connectivity index (χ0n) is 11.6. The van der Waals surface area contributed by atoms with E-state index in [9.17, 15) is 4.79 Å². The maximum atomic E-state index is 12.6. The normalized spacial score (nSPS) is 18.2. The van der Waals surface area contributed by atoms with E-state index in [-0.39, 0.29) is 10.7 Å². The zero-order chi connectivity index (χ0) is 14.0. The van der Waals surface area contributed by atoms with Crippen molar-refractivity contribution in [1.82, 2.24) is 4.90 Å². The number of carbonyl (C=O) groups is 1. The molecule has 2 rings (SSSR count). The van der Waals surface area contributed by atoms with Crippen molar-refractivity contribution in [2.24, 2.45) is 0 Å². The van der Waals surface area contributed by atoms with E-state index in [2.05, 4.69) is 13.8 Å². The number of methoxy groups -OCH3 is 1. The van der Waals surface area contributed by atoms with E-state index in [0.717, 1.165) is 18.8 Å². The summed E-state index contributed by atoms with van der Waals surface area (Å²) in [7, 11) is 1.58. The fraction of sp³-hybridized carbons (Fsp3) is 0.500. The van der Waals surface area contributed by atoms with E-state index in [0.29, 0.717) is 17.0 Å². The van der Waals surface area contributed by atoms with Crippen LogP contribution in [-0.4, -0.2) is 41.5 Å². The average Bonchev–Trinajstić information content (AvgIpc) is 2.37. The summed E-state index contributed by atoms with van der Waals surface area (Å²) in [6, 6.07) is 5.20. The second-order valence-corrected chi connectivity index (χ2v) is 7.09. The lowest BCUT2D eigenvalue weighted by molar-refractivity contribution is 0.0749. The van der Waals surface area contributed by atoms with Crippen LogP contribution >= 0.6 is 11.8 Å². The van der Waals surface area contributed by atoms with Crippen LogP contribution in [0.4, 0.5) is 5.69 Å². The molecule has 1 saturated heterocycles. The predicted octanol–water partition coefficient (Wildman–Crippen LogP) is 2.25. The van der Waals surface area contributed by atoms with Crippen LogP contribution in [0.25, 0.3) is 0 Å². The van der Waals surface area contributed by atoms with Crippen LogP contribution in [0.3, 0.4) is 0 Å². The summed E-state index contributed by atoms with van der Waals surface area (Å²) in [4.78, 5) is 14.4. The molecule has 1 aromatic rings. The number of amides is 1. The number of nitrogen functional groups attached to an aromatic ring is 1. The molecule has 0 atom stereocenters. The van der Waals surface area contributed by atoms with Gasteiger partial charge in [0.25, 0.3) is 5.91 Å². The molecule has 19 heavy (non-hydrogen) atoms. The van der Waals surface area contributed by atoms with Gasteiger partial charge in [-0.05, 0) is 32.0 Å². The van der Waals surface area contributed by atoms with Crippen molar-refractivity contribution < 1.29 is 9.53 Å². The van der Waals surface area contributed by atoms with Crippen molar-refractivity contribution in [3.63, 3.8) is 0 Å². The van der Waals surface area contributed by atoms with Gasteiger partial charge in [0.2, 0.25) is 0 Å². The Labute approximate surface area is 118 Å². The van der Waals surface area contributed by atoms with Crippen molar-refractivity contribution in [3.05, 3.63) is 23.8 Å². The van der Waals surface area contributed by atoms with Crippen LogP contribution in [0.1, 0.15) is 24.2 Å². The predicted molar refractivity (Wildman–Crippen MR) is 79.8 cm³/mol. The lowest BCUT2D eigenvalue weighted by atomic mass is 10.1. The summed E-state index contributed by atoms with van der Waals surface area (Å²) >= 11 is 1.90. The molecule has 0 radical (unpaired) electrons. The Morgan fingerprint density at radius 1 is 1.47 bits per heavy atom. The Bertz CT molecular complexity index is 488. The first-order chi connectivity index (χ1) is 8.93. The quantitative estimate of drug-likeness (QED) is 0.844. The van der Waals surface area contributed by atoms with Gasteiger partial charge >= 0.3 is 0 Å². The van der Waals surface area contributed by atoms with Gasteiger partial charge in [-0.1, -0.05) is 0 Å². The lowest BCUT2D eigenvalue weighted by Gasteiger charge is -2.37. The van der Waals surface area contributed by atoms with Crippen molar-refractivity contribution in [3.8, 4) is 5.75 Å². The minimum atomic E-state index is -0.00947. The molecule has 1 heterocycles. The molecule has 1 aliphatic rings. The van der Waals surface area contributed by atoms with Gasteiger partial charge in [0.15, 0.2) is 0 Å². The van der Waals surface area contributed by atoms with Crippen molar-refractivity contribution in [1.29, 1.82) is 0 Å². The van der Waals surface area contributed by atoms with Gasteiger partial charge < -0.3 is 15.4 Å². The molecule has 0 bridgehead atoms. The Kier molecular flexibility index (Phi) is 3.94. The van der Waals surface area contributed by atoms with E-state index < -0.39 is 0 Å². The molecule has 0 aromatic heterocycles. The summed E-state index contributed by atoms with van der Waals surface area (Å²) in [5, 5.41) is 0. The number of rotatable bonds is 2. The number of nitrogens with zero attached hydrogens (tertiary/aromatic N) is 1. The molecule has 2 N–H and O–H groups in total. The standard InChI is InChI=1S/C14H20N2O2S/c1-14(2)9-16(6-7-19-14)13(17)11-8-10(18-3)4-5-12(11)15/h4-5,8H,6-7,9,15H2,1-3H3. The first-order valence-corrected chi connectivity index (χ1v) is 7.28. The van der Waals surface area contributed by atoms with Crippen LogP contribution in [0.2, 0.25) is 0 Å². The van der Waals surface area contributed by atoms with E-state index in [1.807, 2.05) is 16.7 Å². The number of anilines is 1. The van der Waals surface area contributed by atoms with E-state index >= 15 is 0 Å². The second-order valence-electron chi connectivity index (χ2n) is 5.29. The first-order valence-electron chi connectivity index (χ1n) is 6.30. The highest BCUT2D eigenvalue weighted by Crippen LogP contribution is 2.31. The maximum absolute atomic E-state index is 12.6. The third-order valence-electron chi connectivity index (χ3n) is 3.20. The fourth-order valence-corrected chi connectivity index (χ4v) is 3.32. The Hall–Kier alpha value is -1.36. The largest absolute Gasteiger partial charge is 0.497 e. The summed E-state index contributed by atoms with van der Waals surface area (Å²) < 4.78 is 5.26. The Balaban J connectivity index is 2.24. The van der Waals surface area contributed by atoms with E-state index in [1.165, 1.54) is 0 Å². The smallest absolute Gasteiger partial charge is 0.256 e. The third kappa shape index (κ3) is 3.15. The molecule has 1 fully saturated rings. The number of hydrogen-bond donors (Lipinski definition) is 1. The fourth-order valence-electron chi connectivity index (χ4n) is 2.21. The van der Waals surface area contributed by atoms with Gasteiger partial charge in [-0.15, -0.1) is 0 Å². The molecule has 104 valence electrons. The number of nitrogens with two attached hydrogens (primary N) is 1. The highest BCUT2D eigenvalue weighted by molar-refractivity contribution is 8.00. The summed E-state index contributed by atoms with van der Waals surface area (Å²) in [5.74, 6) is 1.61.